The Morgan fingerprint density at radius 1 is 1.45 bits per heavy atom. The van der Waals surface area contributed by atoms with Gasteiger partial charge in [-0.25, -0.2) is 0 Å². The number of benzene rings is 1. The Morgan fingerprint density at radius 3 is 2.85 bits per heavy atom. The SMILES string of the molecule is CN(Cc1cc(Br)cs1)C(=O)COc1ccccc1N. The number of ether oxygens (including phenoxy) is 1. The van der Waals surface area contributed by atoms with Crippen LogP contribution in [0, 0.1) is 0 Å². The topological polar surface area (TPSA) is 55.6 Å². The Bertz CT molecular complexity index is 600. The largest absolute Gasteiger partial charge is 0.482 e. The number of hydrogen-bond acceptors (Lipinski definition) is 4. The van der Waals surface area contributed by atoms with Gasteiger partial charge in [-0.3, -0.25) is 4.79 Å². The van der Waals surface area contributed by atoms with Crippen molar-refractivity contribution in [2.24, 2.45) is 0 Å². The third-order valence-electron chi connectivity index (χ3n) is 2.71. The molecule has 1 aromatic carbocycles. The second kappa shape index (κ2) is 6.76. The van der Waals surface area contributed by atoms with Gasteiger partial charge >= 0.3 is 0 Å². The first-order chi connectivity index (χ1) is 9.56. The minimum atomic E-state index is -0.0854. The van der Waals surface area contributed by atoms with Crippen molar-refractivity contribution >= 4 is 38.9 Å². The summed E-state index contributed by atoms with van der Waals surface area (Å²) in [5.74, 6) is 0.450. The number of thiophene rings is 1. The Kier molecular flexibility index (Phi) is 5.03. The van der Waals surface area contributed by atoms with Crippen LogP contribution in [0.25, 0.3) is 0 Å². The highest BCUT2D eigenvalue weighted by molar-refractivity contribution is 9.10. The lowest BCUT2D eigenvalue weighted by Gasteiger charge is -2.17. The molecule has 20 heavy (non-hydrogen) atoms. The highest BCUT2D eigenvalue weighted by atomic mass is 79.9. The number of rotatable bonds is 5. The van der Waals surface area contributed by atoms with Gasteiger partial charge in [-0.2, -0.15) is 0 Å². The smallest absolute Gasteiger partial charge is 0.260 e. The van der Waals surface area contributed by atoms with E-state index in [2.05, 4.69) is 15.9 Å². The molecule has 0 aliphatic rings. The molecule has 1 aromatic heterocycles. The minimum absolute atomic E-state index is 0.0166. The molecule has 0 radical (unpaired) electrons. The van der Waals surface area contributed by atoms with Crippen LogP contribution in [0.3, 0.4) is 0 Å². The quantitative estimate of drug-likeness (QED) is 0.839. The monoisotopic (exact) mass is 354 g/mol. The minimum Gasteiger partial charge on any atom is -0.482 e. The van der Waals surface area contributed by atoms with Crippen molar-refractivity contribution in [2.75, 3.05) is 19.4 Å². The Balaban J connectivity index is 1.87. The van der Waals surface area contributed by atoms with E-state index in [1.165, 1.54) is 0 Å². The summed E-state index contributed by atoms with van der Waals surface area (Å²) < 4.78 is 6.47. The van der Waals surface area contributed by atoms with Crippen LogP contribution < -0.4 is 10.5 Å². The van der Waals surface area contributed by atoms with Gasteiger partial charge in [0.15, 0.2) is 6.61 Å². The Morgan fingerprint density at radius 2 is 2.20 bits per heavy atom. The molecule has 2 rings (SSSR count). The van der Waals surface area contributed by atoms with E-state index in [1.54, 1.807) is 35.4 Å². The predicted octanol–water partition coefficient (Wildman–Crippen LogP) is 3.13. The van der Waals surface area contributed by atoms with Crippen LogP contribution in [0.5, 0.6) is 5.75 Å². The van der Waals surface area contributed by atoms with E-state index in [1.807, 2.05) is 23.6 Å². The standard InChI is InChI=1S/C14H15BrN2O2S/c1-17(7-11-6-10(15)9-20-11)14(18)8-19-13-5-3-2-4-12(13)16/h2-6,9H,7-8,16H2,1H3. The fraction of sp³-hybridized carbons (Fsp3) is 0.214. The molecule has 1 amide bonds. The summed E-state index contributed by atoms with van der Waals surface area (Å²) >= 11 is 5.01. The molecule has 6 heteroatoms. The molecule has 0 saturated carbocycles. The Hall–Kier alpha value is -1.53. The summed E-state index contributed by atoms with van der Waals surface area (Å²) in [6.07, 6.45) is 0. The van der Waals surface area contributed by atoms with Gasteiger partial charge < -0.3 is 15.4 Å². The van der Waals surface area contributed by atoms with Crippen molar-refractivity contribution in [3.63, 3.8) is 0 Å². The highest BCUT2D eigenvalue weighted by Gasteiger charge is 2.12. The number of nitrogens with zero attached hydrogens (tertiary/aromatic N) is 1. The van der Waals surface area contributed by atoms with Crippen molar-refractivity contribution in [1.82, 2.24) is 4.90 Å². The third kappa shape index (κ3) is 3.98. The van der Waals surface area contributed by atoms with Crippen LogP contribution in [0.1, 0.15) is 4.88 Å². The van der Waals surface area contributed by atoms with Gasteiger partial charge in [0.25, 0.3) is 5.91 Å². The summed E-state index contributed by atoms with van der Waals surface area (Å²) in [5, 5.41) is 1.99. The molecule has 2 N–H and O–H groups in total. The van der Waals surface area contributed by atoms with Crippen molar-refractivity contribution < 1.29 is 9.53 Å². The average molecular weight is 355 g/mol. The maximum atomic E-state index is 12.0. The van der Waals surface area contributed by atoms with E-state index >= 15 is 0 Å². The molecule has 0 fully saturated rings. The van der Waals surface area contributed by atoms with Gasteiger partial charge in [0.2, 0.25) is 0 Å². The zero-order valence-electron chi connectivity index (χ0n) is 11.0. The van der Waals surface area contributed by atoms with E-state index in [0.717, 1.165) is 9.35 Å². The molecule has 0 aliphatic carbocycles. The highest BCUT2D eigenvalue weighted by Crippen LogP contribution is 2.21. The molecule has 4 nitrogen and oxygen atoms in total. The lowest BCUT2D eigenvalue weighted by atomic mass is 10.3. The van der Waals surface area contributed by atoms with E-state index in [4.69, 9.17) is 10.5 Å². The van der Waals surface area contributed by atoms with E-state index in [9.17, 15) is 4.79 Å². The van der Waals surface area contributed by atoms with Crippen LogP contribution in [-0.2, 0) is 11.3 Å². The molecule has 0 bridgehead atoms. The molecule has 0 saturated heterocycles. The second-order valence-electron chi connectivity index (χ2n) is 4.31. The second-order valence-corrected chi connectivity index (χ2v) is 6.22. The number of halogens is 1. The maximum Gasteiger partial charge on any atom is 0.260 e. The molecule has 0 atom stereocenters. The van der Waals surface area contributed by atoms with Crippen LogP contribution in [0.4, 0.5) is 5.69 Å². The Labute approximate surface area is 130 Å². The number of carbonyl (C=O) groups is 1. The molecule has 2 aromatic rings. The first-order valence-corrected chi connectivity index (χ1v) is 7.67. The molecular formula is C14H15BrN2O2S. The lowest BCUT2D eigenvalue weighted by Crippen LogP contribution is -2.30. The van der Waals surface area contributed by atoms with E-state index in [0.29, 0.717) is 18.0 Å². The zero-order chi connectivity index (χ0) is 14.5. The van der Waals surface area contributed by atoms with Crippen LogP contribution in [-0.4, -0.2) is 24.5 Å². The predicted molar refractivity (Wildman–Crippen MR) is 84.8 cm³/mol. The van der Waals surface area contributed by atoms with Gasteiger partial charge in [0, 0.05) is 21.8 Å². The van der Waals surface area contributed by atoms with Crippen LogP contribution in [0.2, 0.25) is 0 Å². The molecule has 1 heterocycles. The van der Waals surface area contributed by atoms with Gasteiger partial charge in [-0.05, 0) is 34.1 Å². The van der Waals surface area contributed by atoms with Crippen molar-refractivity contribution in [3.8, 4) is 5.75 Å². The van der Waals surface area contributed by atoms with Gasteiger partial charge in [-0.15, -0.1) is 11.3 Å². The summed E-state index contributed by atoms with van der Waals surface area (Å²) in [7, 11) is 1.76. The van der Waals surface area contributed by atoms with Crippen LogP contribution >= 0.6 is 27.3 Å². The molecular weight excluding hydrogens is 340 g/mol. The summed E-state index contributed by atoms with van der Waals surface area (Å²) in [4.78, 5) is 14.7. The van der Waals surface area contributed by atoms with Crippen molar-refractivity contribution in [2.45, 2.75) is 6.54 Å². The number of para-hydroxylation sites is 2. The molecule has 106 valence electrons. The van der Waals surface area contributed by atoms with Gasteiger partial charge in [-0.1, -0.05) is 12.1 Å². The number of anilines is 1. The van der Waals surface area contributed by atoms with E-state index < -0.39 is 0 Å². The fourth-order valence-electron chi connectivity index (χ4n) is 1.62. The number of nitrogens with two attached hydrogens (primary N) is 1. The first-order valence-electron chi connectivity index (χ1n) is 6.00. The summed E-state index contributed by atoms with van der Waals surface area (Å²) in [5.41, 5.74) is 6.29. The maximum absolute atomic E-state index is 12.0. The number of amides is 1. The molecule has 0 aliphatic heterocycles. The first kappa shape index (κ1) is 14.9. The number of nitrogen functional groups attached to an aromatic ring is 1. The normalized spacial score (nSPS) is 10.3. The number of carbonyl (C=O) groups excluding carboxylic acids is 1. The average Bonchev–Trinajstić information content (AvgIpc) is 2.82. The number of hydrogen-bond donors (Lipinski definition) is 1. The van der Waals surface area contributed by atoms with Crippen molar-refractivity contribution in [3.05, 3.63) is 45.1 Å². The summed E-state index contributed by atoms with van der Waals surface area (Å²) in [6.45, 7) is 0.556. The zero-order valence-corrected chi connectivity index (χ0v) is 13.4. The van der Waals surface area contributed by atoms with Crippen molar-refractivity contribution in [1.29, 1.82) is 0 Å². The number of likely N-dealkylation sites (N-methyl/N-ethyl adjacent to an activating group) is 1. The molecule has 0 spiro atoms. The lowest BCUT2D eigenvalue weighted by molar-refractivity contribution is -0.132. The summed E-state index contributed by atoms with van der Waals surface area (Å²) in [6, 6.07) is 9.14. The van der Waals surface area contributed by atoms with Crippen LogP contribution in [0.15, 0.2) is 40.2 Å². The third-order valence-corrected chi connectivity index (χ3v) is 4.39. The van der Waals surface area contributed by atoms with Gasteiger partial charge in [0.05, 0.1) is 12.2 Å². The van der Waals surface area contributed by atoms with Gasteiger partial charge in [0.1, 0.15) is 5.75 Å². The van der Waals surface area contributed by atoms with E-state index in [-0.39, 0.29) is 12.5 Å². The fourth-order valence-corrected chi connectivity index (χ4v) is 3.12. The molecule has 0 unspecified atom stereocenters.